The Labute approximate surface area is 193 Å². The largest absolute Gasteiger partial charge is 0.573 e. The first-order chi connectivity index (χ1) is 16.3. The molecule has 2 amide bonds. The molecule has 0 spiro atoms. The van der Waals surface area contributed by atoms with Crippen molar-refractivity contribution in [2.24, 2.45) is 0 Å². The van der Waals surface area contributed by atoms with E-state index in [0.29, 0.717) is 29.3 Å². The van der Waals surface area contributed by atoms with E-state index in [1.807, 2.05) is 6.92 Å². The maximum absolute atomic E-state index is 13.4. The molecule has 0 atom stereocenters. The molecule has 0 fully saturated rings. The minimum absolute atomic E-state index is 0.00887. The van der Waals surface area contributed by atoms with Gasteiger partial charge < -0.3 is 14.8 Å². The Kier molecular flexibility index (Phi) is 6.27. The number of carbonyl (C=O) groups is 2. The standard InChI is InChI=1S/C25H19F3N2O4/c1-2-33-19-14-10-18(11-15-19)30-23(31)21(16-6-4-3-5-7-16)22(24(30)32)29-17-8-12-20(13-9-17)34-25(26,27)28/h3-15,29H,2H2,1H3. The first-order valence-corrected chi connectivity index (χ1v) is 10.3. The highest BCUT2D eigenvalue weighted by atomic mass is 19.4. The third kappa shape index (κ3) is 4.88. The fourth-order valence-electron chi connectivity index (χ4n) is 3.50. The van der Waals surface area contributed by atoms with Crippen molar-refractivity contribution in [2.75, 3.05) is 16.8 Å². The summed E-state index contributed by atoms with van der Waals surface area (Å²) in [4.78, 5) is 27.8. The molecule has 1 N–H and O–H groups in total. The maximum atomic E-state index is 13.4. The maximum Gasteiger partial charge on any atom is 0.573 e. The highest BCUT2D eigenvalue weighted by Crippen LogP contribution is 2.34. The van der Waals surface area contributed by atoms with Crippen molar-refractivity contribution in [1.29, 1.82) is 0 Å². The smallest absolute Gasteiger partial charge is 0.494 e. The SMILES string of the molecule is CCOc1ccc(N2C(=O)C(Nc3ccc(OC(F)(F)F)cc3)=C(c3ccccc3)C2=O)cc1. The summed E-state index contributed by atoms with van der Waals surface area (Å²) in [6.07, 6.45) is -4.82. The molecule has 4 rings (SSSR count). The number of amides is 2. The number of halogens is 3. The second-order valence-electron chi connectivity index (χ2n) is 7.19. The number of anilines is 2. The van der Waals surface area contributed by atoms with E-state index in [1.54, 1.807) is 54.6 Å². The summed E-state index contributed by atoms with van der Waals surface area (Å²) in [5, 5.41) is 2.90. The van der Waals surface area contributed by atoms with Gasteiger partial charge in [0.2, 0.25) is 0 Å². The van der Waals surface area contributed by atoms with Crippen LogP contribution in [0, 0.1) is 0 Å². The van der Waals surface area contributed by atoms with Crippen molar-refractivity contribution >= 4 is 28.8 Å². The molecule has 1 aliphatic rings. The molecule has 1 aliphatic heterocycles. The van der Waals surface area contributed by atoms with Gasteiger partial charge in [0.1, 0.15) is 17.2 Å². The molecular formula is C25H19F3N2O4. The second kappa shape index (κ2) is 9.30. The van der Waals surface area contributed by atoms with E-state index >= 15 is 0 Å². The van der Waals surface area contributed by atoms with Crippen molar-refractivity contribution in [3.63, 3.8) is 0 Å². The second-order valence-corrected chi connectivity index (χ2v) is 7.19. The van der Waals surface area contributed by atoms with Crippen LogP contribution in [0.5, 0.6) is 11.5 Å². The van der Waals surface area contributed by atoms with Crippen LogP contribution in [-0.2, 0) is 9.59 Å². The molecule has 6 nitrogen and oxygen atoms in total. The molecule has 0 saturated heterocycles. The number of imide groups is 1. The fourth-order valence-corrected chi connectivity index (χ4v) is 3.50. The summed E-state index contributed by atoms with van der Waals surface area (Å²) in [6, 6.07) is 20.1. The molecule has 0 saturated carbocycles. The average Bonchev–Trinajstić information content (AvgIpc) is 3.05. The molecule has 0 unspecified atom stereocenters. The monoisotopic (exact) mass is 468 g/mol. The number of carbonyl (C=O) groups excluding carboxylic acids is 2. The number of ether oxygens (including phenoxy) is 2. The number of rotatable bonds is 7. The molecule has 0 aliphatic carbocycles. The van der Waals surface area contributed by atoms with Crippen LogP contribution in [0.3, 0.4) is 0 Å². The lowest BCUT2D eigenvalue weighted by atomic mass is 10.0. The Bertz CT molecular complexity index is 1220. The molecule has 34 heavy (non-hydrogen) atoms. The van der Waals surface area contributed by atoms with Gasteiger partial charge in [-0.3, -0.25) is 9.59 Å². The lowest BCUT2D eigenvalue weighted by Crippen LogP contribution is -2.32. The Balaban J connectivity index is 1.68. The highest BCUT2D eigenvalue weighted by molar-refractivity contribution is 6.46. The van der Waals surface area contributed by atoms with Crippen molar-refractivity contribution in [3.05, 3.63) is 90.1 Å². The van der Waals surface area contributed by atoms with Crippen LogP contribution in [0.15, 0.2) is 84.6 Å². The van der Waals surface area contributed by atoms with Gasteiger partial charge in [0.15, 0.2) is 0 Å². The molecule has 9 heteroatoms. The molecule has 1 heterocycles. The quantitative estimate of drug-likeness (QED) is 0.472. The summed E-state index contributed by atoms with van der Waals surface area (Å²) < 4.78 is 46.6. The van der Waals surface area contributed by atoms with Crippen LogP contribution in [0.4, 0.5) is 24.5 Å². The number of hydrogen-bond acceptors (Lipinski definition) is 5. The number of alkyl halides is 3. The summed E-state index contributed by atoms with van der Waals surface area (Å²) in [6.45, 7) is 2.32. The zero-order valence-corrected chi connectivity index (χ0v) is 17.9. The lowest BCUT2D eigenvalue weighted by molar-refractivity contribution is -0.274. The molecule has 3 aromatic rings. The zero-order chi connectivity index (χ0) is 24.3. The minimum Gasteiger partial charge on any atom is -0.494 e. The molecular weight excluding hydrogens is 449 g/mol. The number of hydrogen-bond donors (Lipinski definition) is 1. The van der Waals surface area contributed by atoms with Crippen LogP contribution in [0.2, 0.25) is 0 Å². The van der Waals surface area contributed by atoms with Crippen molar-refractivity contribution < 1.29 is 32.2 Å². The Morgan fingerprint density at radius 3 is 2.03 bits per heavy atom. The highest BCUT2D eigenvalue weighted by Gasteiger charge is 2.40. The molecule has 0 aromatic heterocycles. The lowest BCUT2D eigenvalue weighted by Gasteiger charge is -2.16. The van der Waals surface area contributed by atoms with Gasteiger partial charge in [-0.1, -0.05) is 30.3 Å². The third-order valence-corrected chi connectivity index (χ3v) is 4.91. The van der Waals surface area contributed by atoms with Gasteiger partial charge in [0.25, 0.3) is 11.8 Å². The molecule has 174 valence electrons. The number of nitrogens with zero attached hydrogens (tertiary/aromatic N) is 1. The van der Waals surface area contributed by atoms with Crippen LogP contribution >= 0.6 is 0 Å². The topological polar surface area (TPSA) is 67.9 Å². The summed E-state index contributed by atoms with van der Waals surface area (Å²) in [5.74, 6) is -0.926. The molecule has 3 aromatic carbocycles. The fraction of sp³-hybridized carbons (Fsp3) is 0.120. The van der Waals surface area contributed by atoms with Crippen LogP contribution in [0.1, 0.15) is 12.5 Å². The van der Waals surface area contributed by atoms with Crippen LogP contribution in [0.25, 0.3) is 5.57 Å². The predicted molar refractivity (Wildman–Crippen MR) is 120 cm³/mol. The first kappa shape index (κ1) is 22.9. The molecule has 0 bridgehead atoms. The van der Waals surface area contributed by atoms with Gasteiger partial charge in [-0.05, 0) is 61.0 Å². The predicted octanol–water partition coefficient (Wildman–Crippen LogP) is 5.38. The number of benzene rings is 3. The third-order valence-electron chi connectivity index (χ3n) is 4.91. The zero-order valence-electron chi connectivity index (χ0n) is 17.9. The summed E-state index contributed by atoms with van der Waals surface area (Å²) >= 11 is 0. The van der Waals surface area contributed by atoms with E-state index in [0.717, 1.165) is 17.0 Å². The van der Waals surface area contributed by atoms with Gasteiger partial charge in [-0.15, -0.1) is 13.2 Å². The van der Waals surface area contributed by atoms with E-state index in [2.05, 4.69) is 10.1 Å². The van der Waals surface area contributed by atoms with Gasteiger partial charge in [0.05, 0.1) is 17.9 Å². The summed E-state index contributed by atoms with van der Waals surface area (Å²) in [7, 11) is 0. The van der Waals surface area contributed by atoms with E-state index in [-0.39, 0.29) is 11.3 Å². The minimum atomic E-state index is -4.82. The van der Waals surface area contributed by atoms with E-state index in [4.69, 9.17) is 4.74 Å². The van der Waals surface area contributed by atoms with Gasteiger partial charge in [0, 0.05) is 5.69 Å². The van der Waals surface area contributed by atoms with Crippen LogP contribution < -0.4 is 19.7 Å². The Morgan fingerprint density at radius 1 is 0.824 bits per heavy atom. The molecule has 0 radical (unpaired) electrons. The van der Waals surface area contributed by atoms with Gasteiger partial charge in [-0.2, -0.15) is 0 Å². The van der Waals surface area contributed by atoms with Gasteiger partial charge in [-0.25, -0.2) is 4.90 Å². The van der Waals surface area contributed by atoms with E-state index < -0.39 is 23.9 Å². The normalized spacial score (nSPS) is 13.9. The summed E-state index contributed by atoms with van der Waals surface area (Å²) in [5.41, 5.74) is 1.35. The van der Waals surface area contributed by atoms with Crippen molar-refractivity contribution in [2.45, 2.75) is 13.3 Å². The van der Waals surface area contributed by atoms with Crippen LogP contribution in [-0.4, -0.2) is 24.8 Å². The Morgan fingerprint density at radius 2 is 1.44 bits per heavy atom. The van der Waals surface area contributed by atoms with E-state index in [9.17, 15) is 22.8 Å². The first-order valence-electron chi connectivity index (χ1n) is 10.3. The van der Waals surface area contributed by atoms with Crippen molar-refractivity contribution in [1.82, 2.24) is 0 Å². The van der Waals surface area contributed by atoms with Crippen molar-refractivity contribution in [3.8, 4) is 11.5 Å². The van der Waals surface area contributed by atoms with Gasteiger partial charge >= 0.3 is 6.36 Å². The number of nitrogens with one attached hydrogen (secondary N) is 1. The van der Waals surface area contributed by atoms with E-state index in [1.165, 1.54) is 12.1 Å². The average molecular weight is 468 g/mol. The Hall–Kier alpha value is -4.27.